The SMILES string of the molecule is CCC(=O)Nc1ccc(Cl)c(NC(=O)C2(C)CCNC2)c1. The topological polar surface area (TPSA) is 70.2 Å². The van der Waals surface area contributed by atoms with Gasteiger partial charge >= 0.3 is 0 Å². The zero-order valence-corrected chi connectivity index (χ0v) is 13.0. The van der Waals surface area contributed by atoms with Crippen molar-refractivity contribution in [3.63, 3.8) is 0 Å². The molecule has 1 unspecified atom stereocenters. The van der Waals surface area contributed by atoms with Crippen molar-refractivity contribution in [1.82, 2.24) is 5.32 Å². The Morgan fingerprint density at radius 3 is 2.76 bits per heavy atom. The third kappa shape index (κ3) is 3.74. The normalized spacial score (nSPS) is 21.1. The number of halogens is 1. The van der Waals surface area contributed by atoms with Crippen LogP contribution in [0.5, 0.6) is 0 Å². The highest BCUT2D eigenvalue weighted by Crippen LogP contribution is 2.30. The molecule has 1 aromatic rings. The molecule has 5 nitrogen and oxygen atoms in total. The minimum atomic E-state index is -0.425. The molecule has 1 fully saturated rings. The number of rotatable bonds is 4. The van der Waals surface area contributed by atoms with Gasteiger partial charge in [0, 0.05) is 18.7 Å². The van der Waals surface area contributed by atoms with Crippen LogP contribution in [0.4, 0.5) is 11.4 Å². The van der Waals surface area contributed by atoms with Crippen molar-refractivity contribution in [1.29, 1.82) is 0 Å². The minimum absolute atomic E-state index is 0.0617. The van der Waals surface area contributed by atoms with Gasteiger partial charge in [0.15, 0.2) is 0 Å². The van der Waals surface area contributed by atoms with E-state index in [2.05, 4.69) is 16.0 Å². The van der Waals surface area contributed by atoms with Crippen LogP contribution in [0.15, 0.2) is 18.2 Å². The highest BCUT2D eigenvalue weighted by Gasteiger charge is 2.36. The first-order chi connectivity index (χ1) is 9.94. The third-order valence-corrected chi connectivity index (χ3v) is 4.07. The van der Waals surface area contributed by atoms with E-state index in [1.807, 2.05) is 6.92 Å². The smallest absolute Gasteiger partial charge is 0.231 e. The molecule has 1 saturated heterocycles. The van der Waals surface area contributed by atoms with Gasteiger partial charge in [0.2, 0.25) is 11.8 Å². The lowest BCUT2D eigenvalue weighted by Crippen LogP contribution is -2.35. The van der Waals surface area contributed by atoms with Crippen LogP contribution < -0.4 is 16.0 Å². The van der Waals surface area contributed by atoms with Crippen molar-refractivity contribution < 1.29 is 9.59 Å². The Labute approximate surface area is 129 Å². The van der Waals surface area contributed by atoms with E-state index in [9.17, 15) is 9.59 Å². The van der Waals surface area contributed by atoms with Crippen LogP contribution in [0.2, 0.25) is 5.02 Å². The predicted molar refractivity (Wildman–Crippen MR) is 84.6 cm³/mol. The van der Waals surface area contributed by atoms with Crippen molar-refractivity contribution in [2.75, 3.05) is 23.7 Å². The third-order valence-electron chi connectivity index (χ3n) is 3.74. The molecule has 1 aliphatic heterocycles. The monoisotopic (exact) mass is 309 g/mol. The van der Waals surface area contributed by atoms with Gasteiger partial charge in [-0.1, -0.05) is 18.5 Å². The average Bonchev–Trinajstić information content (AvgIpc) is 2.90. The van der Waals surface area contributed by atoms with E-state index in [4.69, 9.17) is 11.6 Å². The molecule has 0 saturated carbocycles. The van der Waals surface area contributed by atoms with Crippen LogP contribution in [-0.4, -0.2) is 24.9 Å². The summed E-state index contributed by atoms with van der Waals surface area (Å²) in [6.07, 6.45) is 1.19. The van der Waals surface area contributed by atoms with Crippen molar-refractivity contribution in [2.45, 2.75) is 26.7 Å². The van der Waals surface area contributed by atoms with E-state index in [1.165, 1.54) is 0 Å². The summed E-state index contributed by atoms with van der Waals surface area (Å²) in [6, 6.07) is 5.06. The molecular formula is C15H20ClN3O2. The quantitative estimate of drug-likeness (QED) is 0.800. The number of hydrogen-bond donors (Lipinski definition) is 3. The van der Waals surface area contributed by atoms with Gasteiger partial charge in [-0.2, -0.15) is 0 Å². The molecule has 0 spiro atoms. The number of nitrogens with one attached hydrogen (secondary N) is 3. The second-order valence-corrected chi connectivity index (χ2v) is 5.95. The van der Waals surface area contributed by atoms with Crippen LogP contribution in [0.1, 0.15) is 26.7 Å². The van der Waals surface area contributed by atoms with E-state index >= 15 is 0 Å². The average molecular weight is 310 g/mol. The lowest BCUT2D eigenvalue weighted by Gasteiger charge is -2.22. The highest BCUT2D eigenvalue weighted by molar-refractivity contribution is 6.34. The maximum atomic E-state index is 12.4. The highest BCUT2D eigenvalue weighted by atomic mass is 35.5. The van der Waals surface area contributed by atoms with Crippen LogP contribution in [0.3, 0.4) is 0 Å². The van der Waals surface area contributed by atoms with E-state index in [0.29, 0.717) is 29.4 Å². The Morgan fingerprint density at radius 2 is 2.14 bits per heavy atom. The summed E-state index contributed by atoms with van der Waals surface area (Å²) in [6.45, 7) is 5.20. The Kier molecular flexibility index (Phi) is 4.85. The lowest BCUT2D eigenvalue weighted by molar-refractivity contribution is -0.123. The number of benzene rings is 1. The van der Waals surface area contributed by atoms with Crippen LogP contribution in [0, 0.1) is 5.41 Å². The Hall–Kier alpha value is -1.59. The van der Waals surface area contributed by atoms with Crippen LogP contribution in [0.25, 0.3) is 0 Å². The molecule has 6 heteroatoms. The Bertz CT molecular complexity index is 554. The molecule has 0 bridgehead atoms. The van der Waals surface area contributed by atoms with Gasteiger partial charge in [0.25, 0.3) is 0 Å². The second kappa shape index (κ2) is 6.45. The number of carbonyl (C=O) groups is 2. The Morgan fingerprint density at radius 1 is 1.38 bits per heavy atom. The van der Waals surface area contributed by atoms with Crippen molar-refractivity contribution >= 4 is 34.8 Å². The maximum absolute atomic E-state index is 12.4. The fraction of sp³-hybridized carbons (Fsp3) is 0.467. The number of anilines is 2. The molecule has 1 heterocycles. The molecule has 2 amide bonds. The van der Waals surface area contributed by atoms with Gasteiger partial charge in [0.05, 0.1) is 16.1 Å². The molecule has 1 aliphatic rings. The first-order valence-electron chi connectivity index (χ1n) is 7.06. The summed E-state index contributed by atoms with van der Waals surface area (Å²) in [4.78, 5) is 23.8. The summed E-state index contributed by atoms with van der Waals surface area (Å²) < 4.78 is 0. The molecule has 1 atom stereocenters. The second-order valence-electron chi connectivity index (χ2n) is 5.54. The van der Waals surface area contributed by atoms with Gasteiger partial charge in [-0.3, -0.25) is 9.59 Å². The van der Waals surface area contributed by atoms with Gasteiger partial charge in [-0.25, -0.2) is 0 Å². The maximum Gasteiger partial charge on any atom is 0.231 e. The molecule has 0 aliphatic carbocycles. The van der Waals surface area contributed by atoms with Crippen LogP contribution >= 0.6 is 11.6 Å². The number of amides is 2. The fourth-order valence-corrected chi connectivity index (χ4v) is 2.40. The van der Waals surface area contributed by atoms with Gasteiger partial charge in [-0.05, 0) is 38.1 Å². The molecule has 2 rings (SSSR count). The summed E-state index contributed by atoms with van der Waals surface area (Å²) >= 11 is 6.12. The minimum Gasteiger partial charge on any atom is -0.326 e. The summed E-state index contributed by atoms with van der Waals surface area (Å²) in [5.74, 6) is -0.144. The standard InChI is InChI=1S/C15H20ClN3O2/c1-3-13(20)18-10-4-5-11(16)12(8-10)19-14(21)15(2)6-7-17-9-15/h4-5,8,17H,3,6-7,9H2,1-2H3,(H,18,20)(H,19,21). The largest absolute Gasteiger partial charge is 0.326 e. The first kappa shape index (κ1) is 15.8. The molecular weight excluding hydrogens is 290 g/mol. The van der Waals surface area contributed by atoms with E-state index < -0.39 is 5.41 Å². The summed E-state index contributed by atoms with van der Waals surface area (Å²) in [5, 5.41) is 9.25. The lowest BCUT2D eigenvalue weighted by atomic mass is 9.89. The van der Waals surface area contributed by atoms with E-state index in [0.717, 1.165) is 13.0 Å². The predicted octanol–water partition coefficient (Wildman–Crippen LogP) is 2.63. The van der Waals surface area contributed by atoms with Gasteiger partial charge < -0.3 is 16.0 Å². The fourth-order valence-electron chi connectivity index (χ4n) is 2.23. The van der Waals surface area contributed by atoms with Gasteiger partial charge in [0.1, 0.15) is 0 Å². The molecule has 21 heavy (non-hydrogen) atoms. The van der Waals surface area contributed by atoms with E-state index in [1.54, 1.807) is 25.1 Å². The summed E-state index contributed by atoms with van der Waals surface area (Å²) in [5.41, 5.74) is 0.714. The Balaban J connectivity index is 2.13. The zero-order chi connectivity index (χ0) is 15.5. The molecule has 114 valence electrons. The number of carbonyl (C=O) groups excluding carboxylic acids is 2. The summed E-state index contributed by atoms with van der Waals surface area (Å²) in [7, 11) is 0. The zero-order valence-electron chi connectivity index (χ0n) is 12.3. The van der Waals surface area contributed by atoms with Gasteiger partial charge in [-0.15, -0.1) is 0 Å². The molecule has 0 aromatic heterocycles. The first-order valence-corrected chi connectivity index (χ1v) is 7.44. The number of hydrogen-bond acceptors (Lipinski definition) is 3. The molecule has 1 aromatic carbocycles. The van der Waals surface area contributed by atoms with Crippen LogP contribution in [-0.2, 0) is 9.59 Å². The molecule has 3 N–H and O–H groups in total. The van der Waals surface area contributed by atoms with E-state index in [-0.39, 0.29) is 11.8 Å². The van der Waals surface area contributed by atoms with Crippen molar-refractivity contribution in [3.8, 4) is 0 Å². The van der Waals surface area contributed by atoms with Crippen molar-refractivity contribution in [2.24, 2.45) is 5.41 Å². The van der Waals surface area contributed by atoms with Crippen molar-refractivity contribution in [3.05, 3.63) is 23.2 Å². The molecule has 0 radical (unpaired) electrons.